The normalized spacial score (nSPS) is 12.7. The number of allylic oxidation sites excluding steroid dienone is 1. The van der Waals surface area contributed by atoms with Crippen LogP contribution in [0.5, 0.6) is 5.75 Å². The number of aliphatic hydroxyl groups is 3. The van der Waals surface area contributed by atoms with E-state index in [1.807, 2.05) is 20.8 Å². The first-order chi connectivity index (χ1) is 13.7. The zero-order chi connectivity index (χ0) is 21.9. The molecule has 0 radical (unpaired) electrons. The van der Waals surface area contributed by atoms with Crippen LogP contribution in [0.25, 0.3) is 0 Å². The van der Waals surface area contributed by atoms with Crippen LogP contribution >= 0.6 is 0 Å². The van der Waals surface area contributed by atoms with Crippen molar-refractivity contribution in [3.8, 4) is 5.75 Å². The van der Waals surface area contributed by atoms with Gasteiger partial charge in [-0.3, -0.25) is 0 Å². The zero-order valence-electron chi connectivity index (χ0n) is 17.8. The summed E-state index contributed by atoms with van der Waals surface area (Å²) in [6.07, 6.45) is -1.06. The Bertz CT molecular complexity index is 619. The molecular weight excluding hydrogens is 378 g/mol. The Hall–Kier alpha value is -1.84. The summed E-state index contributed by atoms with van der Waals surface area (Å²) in [6.45, 7) is 12.2. The lowest BCUT2D eigenvalue weighted by atomic mass is 9.88. The highest BCUT2D eigenvalue weighted by atomic mass is 16.7. The summed E-state index contributed by atoms with van der Waals surface area (Å²) in [6, 6.07) is 4.83. The lowest BCUT2D eigenvalue weighted by Gasteiger charge is -2.30. The molecule has 0 aliphatic carbocycles. The van der Waals surface area contributed by atoms with Crippen LogP contribution in [-0.2, 0) is 14.2 Å². The average molecular weight is 414 g/mol. The summed E-state index contributed by atoms with van der Waals surface area (Å²) in [5.41, 5.74) is 0.409. The van der Waals surface area contributed by atoms with E-state index < -0.39 is 12.5 Å². The fourth-order valence-corrected chi connectivity index (χ4v) is 2.15. The molecule has 1 aromatic carbocycles. The van der Waals surface area contributed by atoms with E-state index in [-0.39, 0.29) is 24.6 Å². The van der Waals surface area contributed by atoms with E-state index in [0.29, 0.717) is 36.8 Å². The molecule has 1 rings (SSSR count). The molecule has 1 unspecified atom stereocenters. The molecule has 29 heavy (non-hydrogen) atoms. The van der Waals surface area contributed by atoms with Crippen molar-refractivity contribution in [3.05, 3.63) is 36.1 Å². The molecule has 0 fully saturated rings. The molecule has 8 heteroatoms. The average Bonchev–Trinajstić information content (AvgIpc) is 2.66. The van der Waals surface area contributed by atoms with E-state index in [4.69, 9.17) is 18.9 Å². The van der Waals surface area contributed by atoms with Crippen molar-refractivity contribution < 1.29 is 34.3 Å². The molecule has 1 aromatic rings. The van der Waals surface area contributed by atoms with Gasteiger partial charge in [0.15, 0.2) is 19.9 Å². The first-order valence-electron chi connectivity index (χ1n) is 9.68. The van der Waals surface area contributed by atoms with Crippen LogP contribution in [0.3, 0.4) is 0 Å². The number of ether oxygens (including phenoxy) is 4. The second kappa shape index (κ2) is 12.7. The van der Waals surface area contributed by atoms with E-state index in [9.17, 15) is 15.3 Å². The third-order valence-electron chi connectivity index (χ3n) is 4.51. The molecule has 0 spiro atoms. The van der Waals surface area contributed by atoms with Gasteiger partial charge in [-0.1, -0.05) is 27.4 Å². The Morgan fingerprint density at radius 3 is 2.38 bits per heavy atom. The summed E-state index contributed by atoms with van der Waals surface area (Å²) in [5.74, 6) is 0.891. The van der Waals surface area contributed by atoms with Crippen LogP contribution in [-0.4, -0.2) is 48.3 Å². The number of anilines is 1. The summed E-state index contributed by atoms with van der Waals surface area (Å²) < 4.78 is 21.2. The molecule has 0 heterocycles. The maximum atomic E-state index is 10.3. The number of benzene rings is 1. The van der Waals surface area contributed by atoms with Crippen LogP contribution in [0.1, 0.15) is 52.4 Å². The van der Waals surface area contributed by atoms with Gasteiger partial charge in [-0.15, -0.1) is 0 Å². The molecule has 1 atom stereocenters. The van der Waals surface area contributed by atoms with E-state index in [1.165, 1.54) is 6.07 Å². The van der Waals surface area contributed by atoms with Crippen molar-refractivity contribution in [2.75, 3.05) is 32.1 Å². The quantitative estimate of drug-likeness (QED) is 0.197. The highest BCUT2D eigenvalue weighted by Crippen LogP contribution is 2.30. The predicted octanol–water partition coefficient (Wildman–Crippen LogP) is 3.10. The highest BCUT2D eigenvalue weighted by molar-refractivity contribution is 5.52. The topological polar surface area (TPSA) is 110 Å². The molecule has 0 aliphatic heterocycles. The summed E-state index contributed by atoms with van der Waals surface area (Å²) in [7, 11) is 0. The number of hydrogen-bond acceptors (Lipinski definition) is 8. The Morgan fingerprint density at radius 2 is 1.79 bits per heavy atom. The first-order valence-corrected chi connectivity index (χ1v) is 9.68. The van der Waals surface area contributed by atoms with Crippen molar-refractivity contribution in [2.24, 2.45) is 5.41 Å². The predicted molar refractivity (Wildman–Crippen MR) is 110 cm³/mol. The minimum atomic E-state index is -1.72. The summed E-state index contributed by atoms with van der Waals surface area (Å²) >= 11 is 0. The molecule has 0 bridgehead atoms. The maximum absolute atomic E-state index is 10.3. The van der Waals surface area contributed by atoms with Crippen molar-refractivity contribution in [2.45, 2.75) is 53.1 Å². The molecular formula is C21H35NO7. The third-order valence-corrected chi connectivity index (χ3v) is 4.51. The number of nitrogens with one attached hydrogen (secondary N) is 1. The fraction of sp³-hybridized carbons (Fsp3) is 0.619. The minimum Gasteiger partial charge on any atom is -0.473 e. The summed E-state index contributed by atoms with van der Waals surface area (Å²) in [4.78, 5) is 0. The number of aliphatic hydroxyl groups excluding tert-OH is 2. The number of hydrogen-bond donors (Lipinski definition) is 4. The van der Waals surface area contributed by atoms with Gasteiger partial charge in [0.25, 0.3) is 0 Å². The smallest absolute Gasteiger partial charge is 0.189 e. The van der Waals surface area contributed by atoms with Crippen LogP contribution in [0.4, 0.5) is 5.69 Å². The SMILES string of the molecule is C=C(C)OCOCCCOCOc1ccc(NC(O)C(C)(C)CC)cc1C(O)O. The molecule has 166 valence electrons. The van der Waals surface area contributed by atoms with Gasteiger partial charge in [0.2, 0.25) is 0 Å². The Labute approximate surface area is 173 Å². The van der Waals surface area contributed by atoms with Gasteiger partial charge in [-0.25, -0.2) is 0 Å². The zero-order valence-corrected chi connectivity index (χ0v) is 17.8. The monoisotopic (exact) mass is 413 g/mol. The molecule has 0 saturated heterocycles. The molecule has 0 amide bonds. The molecule has 0 aromatic heterocycles. The standard InChI is InChI=1S/C21H35NO7/c1-6-21(4,5)20(25)22-16-8-9-18(17(12-16)19(23)24)29-14-27-11-7-10-26-13-28-15(2)3/h8-9,12,19-20,22-25H,2,6-7,10-11,13-14H2,1,3-5H3. The van der Waals surface area contributed by atoms with Crippen molar-refractivity contribution in [1.82, 2.24) is 0 Å². The van der Waals surface area contributed by atoms with Crippen LogP contribution in [0, 0.1) is 5.41 Å². The largest absolute Gasteiger partial charge is 0.473 e. The van der Waals surface area contributed by atoms with Crippen LogP contribution in [0.2, 0.25) is 0 Å². The second-order valence-electron chi connectivity index (χ2n) is 7.41. The van der Waals surface area contributed by atoms with Gasteiger partial charge < -0.3 is 39.6 Å². The Balaban J connectivity index is 2.46. The van der Waals surface area contributed by atoms with Gasteiger partial charge in [-0.05, 0) is 38.0 Å². The van der Waals surface area contributed by atoms with E-state index in [2.05, 4.69) is 11.9 Å². The number of rotatable bonds is 15. The van der Waals surface area contributed by atoms with Crippen molar-refractivity contribution >= 4 is 5.69 Å². The second-order valence-corrected chi connectivity index (χ2v) is 7.41. The van der Waals surface area contributed by atoms with E-state index >= 15 is 0 Å². The van der Waals surface area contributed by atoms with Gasteiger partial charge in [0.05, 0.1) is 24.5 Å². The first kappa shape index (κ1) is 25.2. The van der Waals surface area contributed by atoms with Crippen LogP contribution < -0.4 is 10.1 Å². The lowest BCUT2D eigenvalue weighted by Crippen LogP contribution is -2.35. The van der Waals surface area contributed by atoms with Gasteiger partial charge in [0.1, 0.15) is 12.0 Å². The van der Waals surface area contributed by atoms with E-state index in [0.717, 1.165) is 6.42 Å². The lowest BCUT2D eigenvalue weighted by molar-refractivity contribution is -0.0499. The molecule has 0 saturated carbocycles. The van der Waals surface area contributed by atoms with E-state index in [1.54, 1.807) is 19.1 Å². The maximum Gasteiger partial charge on any atom is 0.189 e. The van der Waals surface area contributed by atoms with Crippen molar-refractivity contribution in [3.63, 3.8) is 0 Å². The fourth-order valence-electron chi connectivity index (χ4n) is 2.15. The minimum absolute atomic E-state index is 0.0414. The highest BCUT2D eigenvalue weighted by Gasteiger charge is 2.26. The molecule has 8 nitrogen and oxygen atoms in total. The Morgan fingerprint density at radius 1 is 1.14 bits per heavy atom. The molecule has 0 aliphatic rings. The van der Waals surface area contributed by atoms with Gasteiger partial charge >= 0.3 is 0 Å². The summed E-state index contributed by atoms with van der Waals surface area (Å²) in [5, 5.41) is 32.6. The van der Waals surface area contributed by atoms with Crippen molar-refractivity contribution in [1.29, 1.82) is 0 Å². The van der Waals surface area contributed by atoms with Gasteiger partial charge in [0, 0.05) is 11.1 Å². The van der Waals surface area contributed by atoms with Crippen LogP contribution in [0.15, 0.2) is 30.5 Å². The molecule has 4 N–H and O–H groups in total. The third kappa shape index (κ3) is 9.47. The van der Waals surface area contributed by atoms with Gasteiger partial charge in [-0.2, -0.15) is 0 Å². The Kier molecular flexibility index (Phi) is 11.0.